The van der Waals surface area contributed by atoms with E-state index in [4.69, 9.17) is 4.74 Å². The Labute approximate surface area is 157 Å². The second-order valence-electron chi connectivity index (χ2n) is 7.55. The van der Waals surface area contributed by atoms with Gasteiger partial charge in [0.2, 0.25) is 0 Å². The van der Waals surface area contributed by atoms with Gasteiger partial charge in [-0.1, -0.05) is 0 Å². The van der Waals surface area contributed by atoms with E-state index in [0.717, 1.165) is 11.3 Å². The van der Waals surface area contributed by atoms with E-state index in [1.807, 2.05) is 20.8 Å². The fourth-order valence-electron chi connectivity index (χ4n) is 3.00. The molecule has 0 fully saturated rings. The van der Waals surface area contributed by atoms with Crippen molar-refractivity contribution in [3.63, 3.8) is 0 Å². The molecule has 2 aromatic rings. The van der Waals surface area contributed by atoms with Crippen molar-refractivity contribution in [2.75, 3.05) is 11.9 Å². The molecule has 1 aliphatic rings. The molecule has 0 unspecified atom stereocenters. The first-order chi connectivity index (χ1) is 12.6. The highest BCUT2D eigenvalue weighted by molar-refractivity contribution is 6.04. The highest BCUT2D eigenvalue weighted by Crippen LogP contribution is 2.24. The molecule has 1 aromatic carbocycles. The van der Waals surface area contributed by atoms with Crippen LogP contribution in [0.4, 0.5) is 10.5 Å². The molecule has 0 aliphatic carbocycles. The summed E-state index contributed by atoms with van der Waals surface area (Å²) in [6.07, 6.45) is 0.163. The van der Waals surface area contributed by atoms with Gasteiger partial charge in [0.25, 0.3) is 5.91 Å². The number of anilines is 1. The van der Waals surface area contributed by atoms with Crippen LogP contribution in [0.5, 0.6) is 5.75 Å². The van der Waals surface area contributed by atoms with Crippen LogP contribution in [-0.2, 0) is 24.8 Å². The van der Waals surface area contributed by atoms with Crippen LogP contribution in [0, 0.1) is 0 Å². The molecule has 1 aromatic heterocycles. The van der Waals surface area contributed by atoms with Gasteiger partial charge in [0.05, 0.1) is 12.2 Å². The number of rotatable bonds is 2. The smallest absolute Gasteiger partial charge is 0.410 e. The number of phenols is 1. The van der Waals surface area contributed by atoms with E-state index < -0.39 is 11.7 Å². The maximum Gasteiger partial charge on any atom is 0.410 e. The number of aromatic nitrogens is 2. The van der Waals surface area contributed by atoms with Gasteiger partial charge >= 0.3 is 6.09 Å². The maximum atomic E-state index is 12.8. The molecule has 2 heterocycles. The molecule has 2 N–H and O–H groups in total. The predicted octanol–water partition coefficient (Wildman–Crippen LogP) is 2.67. The van der Waals surface area contributed by atoms with Gasteiger partial charge in [-0.2, -0.15) is 5.10 Å². The van der Waals surface area contributed by atoms with Crippen molar-refractivity contribution < 1.29 is 19.4 Å². The lowest BCUT2D eigenvalue weighted by Crippen LogP contribution is -2.40. The third-order valence-corrected chi connectivity index (χ3v) is 4.19. The Kier molecular flexibility index (Phi) is 4.82. The van der Waals surface area contributed by atoms with Crippen LogP contribution >= 0.6 is 0 Å². The van der Waals surface area contributed by atoms with Gasteiger partial charge in [0, 0.05) is 31.3 Å². The van der Waals surface area contributed by atoms with E-state index in [1.54, 1.807) is 28.8 Å². The second kappa shape index (κ2) is 6.94. The molecule has 8 heteroatoms. The van der Waals surface area contributed by atoms with Crippen LogP contribution in [0.25, 0.3) is 0 Å². The number of amides is 2. The number of aryl methyl sites for hydroxylation is 1. The molecule has 0 bridgehead atoms. The first-order valence-corrected chi connectivity index (χ1v) is 8.77. The molecule has 0 spiro atoms. The number of ether oxygens (including phenoxy) is 1. The molecule has 2 amide bonds. The number of hydrogen-bond acceptors (Lipinski definition) is 5. The summed E-state index contributed by atoms with van der Waals surface area (Å²) in [7, 11) is 1.71. The Balaban J connectivity index is 1.81. The van der Waals surface area contributed by atoms with Crippen molar-refractivity contribution in [3.8, 4) is 5.75 Å². The van der Waals surface area contributed by atoms with Gasteiger partial charge in [0.15, 0.2) is 0 Å². The summed E-state index contributed by atoms with van der Waals surface area (Å²) < 4.78 is 6.98. The number of nitrogens with one attached hydrogen (secondary N) is 1. The standard InChI is InChI=1S/C19H24N4O4/c1-19(2,3)27-18(26)23-10-9-15-14(11-23)16(22(4)21-15)17(25)20-12-5-7-13(24)8-6-12/h5-8,24H,9-11H2,1-4H3,(H,20,25). The zero-order valence-corrected chi connectivity index (χ0v) is 15.9. The minimum absolute atomic E-state index is 0.124. The highest BCUT2D eigenvalue weighted by Gasteiger charge is 2.31. The lowest BCUT2D eigenvalue weighted by molar-refractivity contribution is 0.0222. The molecule has 144 valence electrons. The van der Waals surface area contributed by atoms with Gasteiger partial charge < -0.3 is 20.1 Å². The topological polar surface area (TPSA) is 96.7 Å². The highest BCUT2D eigenvalue weighted by atomic mass is 16.6. The van der Waals surface area contributed by atoms with Crippen LogP contribution in [0.3, 0.4) is 0 Å². The van der Waals surface area contributed by atoms with Crippen LogP contribution < -0.4 is 5.32 Å². The summed E-state index contributed by atoms with van der Waals surface area (Å²) in [5, 5.41) is 16.6. The number of carbonyl (C=O) groups is 2. The van der Waals surface area contributed by atoms with E-state index in [9.17, 15) is 14.7 Å². The van der Waals surface area contributed by atoms with Crippen LogP contribution in [-0.4, -0.2) is 43.9 Å². The molecular formula is C19H24N4O4. The fourth-order valence-corrected chi connectivity index (χ4v) is 3.00. The average molecular weight is 372 g/mol. The summed E-state index contributed by atoms with van der Waals surface area (Å²) >= 11 is 0. The van der Waals surface area contributed by atoms with Crippen molar-refractivity contribution in [2.24, 2.45) is 7.05 Å². The maximum absolute atomic E-state index is 12.8. The van der Waals surface area contributed by atoms with Crippen molar-refractivity contribution in [3.05, 3.63) is 41.2 Å². The van der Waals surface area contributed by atoms with Crippen molar-refractivity contribution >= 4 is 17.7 Å². The zero-order chi connectivity index (χ0) is 19.8. The van der Waals surface area contributed by atoms with Gasteiger partial charge in [-0.15, -0.1) is 0 Å². The number of hydrogen-bond donors (Lipinski definition) is 2. The molecule has 8 nitrogen and oxygen atoms in total. The molecule has 27 heavy (non-hydrogen) atoms. The summed E-state index contributed by atoms with van der Waals surface area (Å²) in [6, 6.07) is 6.23. The van der Waals surface area contributed by atoms with Gasteiger partial charge in [-0.05, 0) is 45.0 Å². The molecule has 0 saturated carbocycles. The van der Waals surface area contributed by atoms with Crippen LogP contribution in [0.2, 0.25) is 0 Å². The number of carbonyl (C=O) groups excluding carboxylic acids is 2. The van der Waals surface area contributed by atoms with Gasteiger partial charge in [0.1, 0.15) is 17.0 Å². The lowest BCUT2D eigenvalue weighted by Gasteiger charge is -2.29. The average Bonchev–Trinajstić information content (AvgIpc) is 2.90. The third kappa shape index (κ3) is 4.21. The Bertz CT molecular complexity index is 865. The number of fused-ring (bicyclic) bond motifs is 1. The van der Waals surface area contributed by atoms with Crippen molar-refractivity contribution in [1.29, 1.82) is 0 Å². The van der Waals surface area contributed by atoms with E-state index in [-0.39, 0.29) is 18.2 Å². The number of aromatic hydroxyl groups is 1. The largest absolute Gasteiger partial charge is 0.508 e. The Morgan fingerprint density at radius 2 is 1.89 bits per heavy atom. The summed E-state index contributed by atoms with van der Waals surface area (Å²) in [4.78, 5) is 26.8. The van der Waals surface area contributed by atoms with Crippen molar-refractivity contribution in [2.45, 2.75) is 39.3 Å². The minimum Gasteiger partial charge on any atom is -0.508 e. The van der Waals surface area contributed by atoms with E-state index in [1.165, 1.54) is 12.1 Å². The predicted molar refractivity (Wildman–Crippen MR) is 99.6 cm³/mol. The molecular weight excluding hydrogens is 348 g/mol. The number of benzene rings is 1. The molecule has 3 rings (SSSR count). The van der Waals surface area contributed by atoms with E-state index >= 15 is 0 Å². The Morgan fingerprint density at radius 1 is 1.22 bits per heavy atom. The number of phenolic OH excluding ortho intramolecular Hbond substituents is 1. The van der Waals surface area contributed by atoms with Gasteiger partial charge in [-0.3, -0.25) is 9.48 Å². The quantitative estimate of drug-likeness (QED) is 0.790. The fraction of sp³-hybridized carbons (Fsp3) is 0.421. The van der Waals surface area contributed by atoms with E-state index in [2.05, 4.69) is 10.4 Å². The normalized spacial score (nSPS) is 13.9. The second-order valence-corrected chi connectivity index (χ2v) is 7.55. The molecule has 0 atom stereocenters. The Morgan fingerprint density at radius 3 is 2.52 bits per heavy atom. The van der Waals surface area contributed by atoms with Crippen molar-refractivity contribution in [1.82, 2.24) is 14.7 Å². The molecule has 0 radical (unpaired) electrons. The lowest BCUT2D eigenvalue weighted by atomic mass is 10.1. The van der Waals surface area contributed by atoms with E-state index in [0.29, 0.717) is 24.3 Å². The minimum atomic E-state index is -0.578. The monoisotopic (exact) mass is 372 g/mol. The first kappa shape index (κ1) is 18.8. The van der Waals surface area contributed by atoms with Crippen LogP contribution in [0.15, 0.2) is 24.3 Å². The molecule has 1 aliphatic heterocycles. The SMILES string of the molecule is Cn1nc2c(c1C(=O)Nc1ccc(O)cc1)CN(C(=O)OC(C)(C)C)CC2. The van der Waals surface area contributed by atoms with Crippen LogP contribution in [0.1, 0.15) is 42.5 Å². The number of nitrogens with zero attached hydrogens (tertiary/aromatic N) is 3. The summed E-state index contributed by atoms with van der Waals surface area (Å²) in [5.41, 5.74) is 1.93. The summed E-state index contributed by atoms with van der Waals surface area (Å²) in [6.45, 7) is 6.23. The zero-order valence-electron chi connectivity index (χ0n) is 15.9. The summed E-state index contributed by atoms with van der Waals surface area (Å²) in [5.74, 6) is -0.193. The van der Waals surface area contributed by atoms with Gasteiger partial charge in [-0.25, -0.2) is 4.79 Å². The Hall–Kier alpha value is -3.03. The molecule has 0 saturated heterocycles. The third-order valence-electron chi connectivity index (χ3n) is 4.19. The first-order valence-electron chi connectivity index (χ1n) is 8.77.